The minimum atomic E-state index is -0.865. The van der Waals surface area contributed by atoms with Gasteiger partial charge in [-0.15, -0.1) is 0 Å². The molecule has 0 bridgehead atoms. The van der Waals surface area contributed by atoms with E-state index in [4.69, 9.17) is 29.8 Å². The summed E-state index contributed by atoms with van der Waals surface area (Å²) in [6, 6.07) is 52.3. The summed E-state index contributed by atoms with van der Waals surface area (Å²) in [4.78, 5) is 101. The first-order chi connectivity index (χ1) is 48.6. The van der Waals surface area contributed by atoms with E-state index in [2.05, 4.69) is 44.8 Å². The second-order valence-corrected chi connectivity index (χ2v) is 22.9. The van der Waals surface area contributed by atoms with E-state index in [1.807, 2.05) is 54.6 Å². The zero-order valence-corrected chi connectivity index (χ0v) is 52.6. The van der Waals surface area contributed by atoms with Gasteiger partial charge in [0.2, 0.25) is 0 Å². The fourth-order valence-corrected chi connectivity index (χ4v) is 12.3. The molecule has 0 aliphatic carbocycles. The number of H-pyrrole nitrogens is 4. The van der Waals surface area contributed by atoms with Crippen molar-refractivity contribution in [2.75, 3.05) is 0 Å². The van der Waals surface area contributed by atoms with Gasteiger partial charge in [-0.2, -0.15) is 0 Å². The third kappa shape index (κ3) is 11.9. The number of carbonyl (C=O) groups excluding carboxylic acids is 4. The molecule has 494 valence electrons. The number of nitro groups is 2. The van der Waals surface area contributed by atoms with Gasteiger partial charge in [-0.3, -0.25) is 39.4 Å². The predicted octanol–water partition coefficient (Wildman–Crippen LogP) is 15.6. The first kappa shape index (κ1) is 65.7. The van der Waals surface area contributed by atoms with E-state index in [1.54, 1.807) is 91.0 Å². The topological polar surface area (TPSA) is 352 Å². The molecule has 0 atom stereocenters. The van der Waals surface area contributed by atoms with E-state index in [1.165, 1.54) is 24.3 Å². The third-order valence-corrected chi connectivity index (χ3v) is 16.9. The molecule has 0 radical (unpaired) electrons. The second-order valence-electron chi connectivity index (χ2n) is 22.1. The van der Waals surface area contributed by atoms with Gasteiger partial charge in [0.15, 0.2) is 34.2 Å². The average Bonchev–Trinajstić information content (AvgIpc) is 1.62. The monoisotopic (exact) mass is 1390 g/mol. The van der Waals surface area contributed by atoms with Crippen molar-refractivity contribution >= 4 is 86.7 Å². The van der Waals surface area contributed by atoms with Crippen LogP contribution >= 0.6 is 23.2 Å². The normalized spacial score (nSPS) is 12.8. The minimum Gasteiger partial charge on any atom is -0.494 e. The molecule has 28 heteroatoms. The van der Waals surface area contributed by atoms with Gasteiger partial charge in [0.1, 0.15) is 17.5 Å². The van der Waals surface area contributed by atoms with E-state index in [0.717, 1.165) is 35.4 Å². The Morgan fingerprint density at radius 2 is 0.673 bits per heavy atom. The Hall–Kier alpha value is -13.9. The Morgan fingerprint density at radius 1 is 0.366 bits per heavy atom. The van der Waals surface area contributed by atoms with Gasteiger partial charge in [0.25, 0.3) is 35.0 Å². The largest absolute Gasteiger partial charge is 0.494 e. The predicted molar refractivity (Wildman–Crippen MR) is 367 cm³/mol. The Balaban J connectivity index is 0.000000121. The first-order valence-corrected chi connectivity index (χ1v) is 30.4. The fourth-order valence-electron chi connectivity index (χ4n) is 11.8. The summed E-state index contributed by atoms with van der Waals surface area (Å²) in [6.45, 7) is 7.12. The number of aliphatic imine (C=N–C) groups is 4. The third-order valence-electron chi connectivity index (χ3n) is 16.2. The number of nitro benzene ring substituents is 2. The van der Waals surface area contributed by atoms with Crippen LogP contribution in [0.2, 0.25) is 10.0 Å². The number of nitrogens with one attached hydrogen (secondary N) is 4. The Kier molecular flexibility index (Phi) is 17.3. The Bertz CT molecular complexity index is 5460. The molecule has 0 spiro atoms. The van der Waals surface area contributed by atoms with Crippen LogP contribution in [0.5, 0.6) is 23.5 Å². The SMILES string of the molecule is O=C1N=C(c2c(F)cccc2Cl)c2c(O)[nH]c(-c3ccccc3)c21.O=C1N=C(c2c(F)cccc2F)c2c(O)[nH]c(-c3ccccc3)c21.O=C1N=C(c2ccccc2)c2c(O)[nH]c(-c3cc([N+](=O)[O-])c(Cl)c([N+](=O)[O-])c3)c21.[C-]#[N+]c1cccc(-c2[nH]c(O)c3c2C(=O)N=C3c2ccccc2)c1. The van der Waals surface area contributed by atoms with Gasteiger partial charge < -0.3 is 40.4 Å². The van der Waals surface area contributed by atoms with Gasteiger partial charge in [-0.05, 0) is 47.0 Å². The molecule has 8 heterocycles. The van der Waals surface area contributed by atoms with Crippen LogP contribution in [0.15, 0.2) is 214 Å². The van der Waals surface area contributed by atoms with Gasteiger partial charge in [-0.25, -0.2) is 38.0 Å². The fraction of sp³-hybridized carbons (Fsp3) is 0. The standard InChI is InChI=1S/C19H11N3O2.C18H10ClFN2O2.C18H9ClN4O6.C18H10F2N2O2/c1-20-13-9-5-8-12(10-13)17-15-14(18(23)22-17)16(21-19(15)24)11-6-3-2-4-7-11;19-10-7-4-8-11(20)12(10)16-14-13(17(23)22-16)15(21-18(14)24)9-5-2-1-3-6-9;19-14-10(22(26)27)6-9(7-11(14)23(28)29)16-13-12(17(24)21-16)15(20-18(13)25)8-4-2-1-3-5-8;19-10-7-4-8-11(20)12(10)16-14-13(17(23)22-16)15(21-18(14)24)9-5-2-1-3-6-9/h2-10,22-23H;1-8,21,24H;1-7,21,24H;1-8,21,24H. The van der Waals surface area contributed by atoms with Crippen LogP contribution in [0.1, 0.15) is 85.9 Å². The quantitative estimate of drug-likeness (QED) is 0.0360. The van der Waals surface area contributed by atoms with Crippen LogP contribution in [0.3, 0.4) is 0 Å². The number of fused-ring (bicyclic) bond motifs is 4. The molecule has 101 heavy (non-hydrogen) atoms. The molecule has 23 nitrogen and oxygen atoms in total. The molecule has 8 N–H and O–H groups in total. The summed E-state index contributed by atoms with van der Waals surface area (Å²) in [5.41, 5.74) is 5.09. The van der Waals surface area contributed by atoms with Crippen LogP contribution in [0.4, 0.5) is 30.2 Å². The molecule has 4 aromatic heterocycles. The lowest BCUT2D eigenvalue weighted by atomic mass is 9.99. The number of hydrogen-bond acceptors (Lipinski definition) is 12. The van der Waals surface area contributed by atoms with Crippen molar-refractivity contribution in [3.63, 3.8) is 0 Å². The lowest BCUT2D eigenvalue weighted by molar-refractivity contribution is -0.393. The van der Waals surface area contributed by atoms with Crippen molar-refractivity contribution in [1.29, 1.82) is 0 Å². The number of rotatable bonds is 10. The molecule has 12 aromatic rings. The zero-order valence-electron chi connectivity index (χ0n) is 51.1. The molecule has 0 saturated carbocycles. The highest BCUT2D eigenvalue weighted by molar-refractivity contribution is 6.39. The average molecular weight is 1390 g/mol. The molecule has 8 aromatic carbocycles. The van der Waals surface area contributed by atoms with Gasteiger partial charge >= 0.3 is 0 Å². The summed E-state index contributed by atoms with van der Waals surface area (Å²) in [5, 5.41) is 63.3. The maximum absolute atomic E-state index is 14.2. The maximum atomic E-state index is 14.2. The number of benzene rings is 8. The molecule has 0 unspecified atom stereocenters. The van der Waals surface area contributed by atoms with Crippen molar-refractivity contribution < 1.29 is 62.6 Å². The summed E-state index contributed by atoms with van der Waals surface area (Å²) >= 11 is 11.9. The van der Waals surface area contributed by atoms with Crippen LogP contribution in [-0.2, 0) is 0 Å². The van der Waals surface area contributed by atoms with Crippen molar-refractivity contribution in [2.45, 2.75) is 0 Å². The maximum Gasteiger partial charge on any atom is 0.295 e. The van der Waals surface area contributed by atoms with Crippen molar-refractivity contribution in [3.05, 3.63) is 320 Å². The molecule has 0 fully saturated rings. The highest BCUT2D eigenvalue weighted by atomic mass is 35.5. The van der Waals surface area contributed by atoms with Gasteiger partial charge in [0, 0.05) is 28.8 Å². The Labute approximate surface area is 575 Å². The van der Waals surface area contributed by atoms with Crippen LogP contribution in [0, 0.1) is 44.3 Å². The van der Waals surface area contributed by atoms with E-state index in [9.17, 15) is 73.0 Å². The number of aromatic nitrogens is 4. The number of carbonyl (C=O) groups is 4. The summed E-state index contributed by atoms with van der Waals surface area (Å²) in [6.07, 6.45) is 0. The molecule has 16 rings (SSSR count). The van der Waals surface area contributed by atoms with E-state index >= 15 is 0 Å². The van der Waals surface area contributed by atoms with Crippen molar-refractivity contribution in [1.82, 2.24) is 19.9 Å². The number of amides is 4. The number of nitrogens with zero attached hydrogens (tertiary/aromatic N) is 7. The number of halogens is 5. The highest BCUT2D eigenvalue weighted by Gasteiger charge is 2.40. The minimum absolute atomic E-state index is 0.000165. The number of aromatic amines is 4. The summed E-state index contributed by atoms with van der Waals surface area (Å²) in [7, 11) is 0. The molecular formula is C73H40Cl2F3N11O12. The lowest BCUT2D eigenvalue weighted by Crippen LogP contribution is -2.06. The van der Waals surface area contributed by atoms with E-state index < -0.39 is 72.9 Å². The number of hydrogen-bond donors (Lipinski definition) is 8. The molecule has 4 amide bonds. The van der Waals surface area contributed by atoms with Crippen molar-refractivity contribution in [3.8, 4) is 68.5 Å². The zero-order chi connectivity index (χ0) is 71.2. The van der Waals surface area contributed by atoms with Crippen LogP contribution in [-0.4, -0.2) is 96.7 Å². The van der Waals surface area contributed by atoms with Crippen LogP contribution in [0.25, 0.3) is 49.9 Å². The first-order valence-electron chi connectivity index (χ1n) is 29.7. The van der Waals surface area contributed by atoms with E-state index in [0.29, 0.717) is 56.3 Å². The van der Waals surface area contributed by atoms with Gasteiger partial charge in [-0.1, -0.05) is 175 Å². The summed E-state index contributed by atoms with van der Waals surface area (Å²) < 4.78 is 42.3. The molecule has 4 aliphatic heterocycles. The second kappa shape index (κ2) is 26.6. The smallest absolute Gasteiger partial charge is 0.295 e. The lowest BCUT2D eigenvalue weighted by Gasteiger charge is -2.05. The molecular weight excluding hydrogens is 1350 g/mol. The Morgan fingerprint density at radius 3 is 1.05 bits per heavy atom. The number of aromatic hydroxyl groups is 4. The van der Waals surface area contributed by atoms with E-state index in [-0.39, 0.29) is 95.9 Å². The van der Waals surface area contributed by atoms with Crippen LogP contribution < -0.4 is 0 Å². The molecule has 4 aliphatic rings. The highest BCUT2D eigenvalue weighted by Crippen LogP contribution is 2.46. The van der Waals surface area contributed by atoms with Crippen molar-refractivity contribution in [2.24, 2.45) is 20.0 Å². The van der Waals surface area contributed by atoms with Gasteiger partial charge in [0.05, 0.1) is 123 Å². The summed E-state index contributed by atoms with van der Waals surface area (Å²) in [5.74, 6) is -5.67. The molecule has 0 saturated heterocycles.